The third-order valence-corrected chi connectivity index (χ3v) is 27.6. The number of esters is 8. The summed E-state index contributed by atoms with van der Waals surface area (Å²) in [5.41, 5.74) is 105. The highest BCUT2D eigenvalue weighted by Gasteiger charge is 2.23. The summed E-state index contributed by atoms with van der Waals surface area (Å²) in [6, 6.07) is -9.73. The van der Waals surface area contributed by atoms with Gasteiger partial charge in [-0.15, -0.1) is 0 Å². The van der Waals surface area contributed by atoms with Crippen LogP contribution in [0, 0.1) is 0 Å². The zero-order valence-corrected chi connectivity index (χ0v) is 93.1. The molecule has 0 unspecified atom stereocenters. The van der Waals surface area contributed by atoms with E-state index < -0.39 is 157 Å². The topological polar surface area (TPSA) is 893 Å². The lowest BCUT2D eigenvalue weighted by Gasteiger charge is -2.10. The van der Waals surface area contributed by atoms with E-state index in [2.05, 4.69) is 37.9 Å². The number of rotatable bonds is 63. The summed E-state index contributed by atoms with van der Waals surface area (Å²) in [5, 5.41) is 0. The van der Waals surface area contributed by atoms with Gasteiger partial charge in [0.25, 0.3) is 0 Å². The van der Waals surface area contributed by atoms with E-state index in [1.54, 1.807) is 55.5 Å². The van der Waals surface area contributed by atoms with Crippen LogP contribution in [0.25, 0.3) is 0 Å². The lowest BCUT2D eigenvalue weighted by Crippen LogP contribution is -2.35. The molecule has 54 heteroatoms. The summed E-state index contributed by atoms with van der Waals surface area (Å²) in [5.74, 6) is 1.90. The van der Waals surface area contributed by atoms with Crippen LogP contribution in [0.4, 0.5) is 0 Å². The maximum Gasteiger partial charge on any atom is 0.323 e. The van der Waals surface area contributed by atoms with Gasteiger partial charge >= 0.3 is 47.8 Å². The number of thioether (sulfide) groups is 2. The fourth-order valence-electron chi connectivity index (χ4n) is 7.58. The number of Topliss-reactive ketones (excluding diaryl/α,β-unsaturated/α-hetero) is 11. The van der Waals surface area contributed by atoms with Gasteiger partial charge in [-0.1, -0.05) is 134 Å². The van der Waals surface area contributed by atoms with Crippen molar-refractivity contribution in [2.24, 2.45) is 109 Å². The number of ether oxygens (including phenoxy) is 8. The van der Waals surface area contributed by atoms with Gasteiger partial charge in [0.1, 0.15) is 112 Å². The van der Waals surface area contributed by atoms with Gasteiger partial charge < -0.3 is 147 Å². The van der Waals surface area contributed by atoms with E-state index in [1.807, 2.05) is 13.8 Å². The molecule has 46 nitrogen and oxygen atoms in total. The van der Waals surface area contributed by atoms with Crippen LogP contribution in [0.3, 0.4) is 0 Å². The summed E-state index contributed by atoms with van der Waals surface area (Å²) < 4.78 is 35.7. The minimum atomic E-state index is -0.685. The van der Waals surface area contributed by atoms with E-state index in [1.165, 1.54) is 207 Å². The van der Waals surface area contributed by atoms with Crippen molar-refractivity contribution >= 4 is 200 Å². The van der Waals surface area contributed by atoms with E-state index in [0.29, 0.717) is 135 Å². The SMILES string of the molecule is CC(=O)[C@@H](N)C/C=C/C[C@H](N)C(C)=O.CC(=O)[C@@H](N)CSSC[C@H](N)C(C)=O.CC(=O)[C@H](N)C/C=C/C[C@H](N)C(C)=O.CC(=O)[C@H](N)CSSC[C@H](N)C(C)=O.CCC(=O)[C@@H](N)CSSC[C@H](N)C(C)=O.CCC(=O)[C@H](N)CC.COC(=O)[C@@H](N)C/C=C/C[C@H](N)C(=O)OC.COC(=O)[C@@H](N)CCSC[C@H](N)C(=O)OC.COC(=O)[C@H](N)C/C=C/C[C@H](N)C(=O)OC.COC(=O)[C@H](N)CSCC[C@H](N)C(=O)OC. The van der Waals surface area contributed by atoms with Crippen LogP contribution in [-0.2, 0) is 129 Å². The molecule has 0 fully saturated rings. The Labute approximate surface area is 876 Å². The quantitative estimate of drug-likeness (QED) is 0.0113. The lowest BCUT2D eigenvalue weighted by atomic mass is 10.1. The van der Waals surface area contributed by atoms with Crippen LogP contribution >= 0.6 is 88.3 Å². The molecule has 0 aromatic carbocycles. The number of carbonyl (C=O) groups is 19. The maximum atomic E-state index is 11.1. The molecule has 0 aromatic heterocycles. The van der Waals surface area contributed by atoms with E-state index in [9.17, 15) is 91.1 Å². The molecule has 0 aliphatic rings. The standard InChI is InChI=1S/2C10H18N2O4.2C10H18N2O2.2C9H18N2O4S.C9H18N2O2S2.2C8H16N2O2S2.C6H13NO/c2*1-15-9(13)7(11)5-3-4-6-8(12)10(14)16-2;2*1-7(13)9(11)5-3-4-6-10(12)8(2)14;2*1-14-8(12)6(10)3-4-16-5-7(11)9(13)15-2;1-3-9(13)8(11)5-15-14-4-7(10)6(2)12;2*1-5(11)7(9)3-13-14-4-8(10)6(2)12;1-3-5(7)6(8)4-2/h2*3-4,7-8H,5-6,11-12H2,1-2H3;2*3-4,9-10H,5-6,11-12H2,1-2H3;2*6-7H,3-5,10-11H2,1-2H3;7-8H,3-5,10-11H2,1-2H3;2*7-8H,3-4,9-10H2,1-2H3;5H,3-4,7H2,1-2H3/b4*4-3+;;;;;;/t7-,8+;7-,8-;9-,10+;9-,10-;6-,7+;6-,7-;7-,8-;7-,8+;7-,8-;5-/m.0.0000.01/s1. The number of hydrogen-bond acceptors (Lipinski definition) is 54. The number of methoxy groups -OCH3 is 8. The number of hydrogen-bond donors (Lipinski definition) is 19. The van der Waals surface area contributed by atoms with Crippen molar-refractivity contribution in [1.29, 1.82) is 0 Å². The molecule has 0 heterocycles. The first-order valence-corrected chi connectivity index (χ1v) is 54.4. The molecule has 0 saturated heterocycles. The molecule has 0 amide bonds. The van der Waals surface area contributed by atoms with Crippen LogP contribution in [0.15, 0.2) is 48.6 Å². The summed E-state index contributed by atoms with van der Waals surface area (Å²) in [4.78, 5) is 206. The molecule has 0 saturated carbocycles. The summed E-state index contributed by atoms with van der Waals surface area (Å²) >= 11 is 2.90. The number of carbonyl (C=O) groups excluding carboxylic acids is 19. The maximum absolute atomic E-state index is 11.1. The Hall–Kier alpha value is -6.87. The lowest BCUT2D eigenvalue weighted by molar-refractivity contribution is -0.143. The molecule has 0 aromatic rings. The highest BCUT2D eigenvalue weighted by atomic mass is 33.1. The average molecular weight is 2200 g/mol. The normalized spacial score (nSPS) is 14.6. The Morgan fingerprint density at radius 1 is 0.196 bits per heavy atom. The molecule has 0 radical (unpaired) electrons. The molecule has 143 heavy (non-hydrogen) atoms. The van der Waals surface area contributed by atoms with Crippen LogP contribution in [-0.4, -0.2) is 341 Å². The van der Waals surface area contributed by atoms with Gasteiger partial charge in [-0.3, -0.25) is 91.1 Å². The predicted molar refractivity (Wildman–Crippen MR) is 577 cm³/mol. The highest BCUT2D eigenvalue weighted by Crippen LogP contribution is 2.25. The monoisotopic (exact) mass is 2190 g/mol. The Morgan fingerprint density at radius 3 is 0.490 bits per heavy atom. The Balaban J connectivity index is -0.000000172. The average Bonchev–Trinajstić information content (AvgIpc) is 0.971. The molecule has 0 bridgehead atoms. The fourth-order valence-corrected chi connectivity index (χ4v) is 16.7. The van der Waals surface area contributed by atoms with Gasteiger partial charge in [0.05, 0.1) is 123 Å². The van der Waals surface area contributed by atoms with Crippen molar-refractivity contribution < 1.29 is 129 Å². The zero-order valence-electron chi connectivity index (χ0n) is 86.6. The minimum Gasteiger partial charge on any atom is -0.468 e. The molecule has 0 rings (SSSR count). The molecule has 0 spiro atoms. The highest BCUT2D eigenvalue weighted by molar-refractivity contribution is 8.77. The van der Waals surface area contributed by atoms with Gasteiger partial charge in [0.2, 0.25) is 0 Å². The first-order chi connectivity index (χ1) is 66.6. The first kappa shape index (κ1) is 156. The van der Waals surface area contributed by atoms with Crippen molar-refractivity contribution in [3.63, 3.8) is 0 Å². The largest absolute Gasteiger partial charge is 0.468 e. The van der Waals surface area contributed by atoms with Gasteiger partial charge in [0.15, 0.2) is 0 Å². The van der Waals surface area contributed by atoms with Crippen LogP contribution in [0.2, 0.25) is 0 Å². The summed E-state index contributed by atoms with van der Waals surface area (Å²) in [7, 11) is 19.1. The molecule has 832 valence electrons. The van der Waals surface area contributed by atoms with E-state index in [-0.39, 0.29) is 69.7 Å². The Bertz CT molecular complexity index is 3340. The van der Waals surface area contributed by atoms with Crippen molar-refractivity contribution in [3.05, 3.63) is 48.6 Å². The molecule has 0 aliphatic carbocycles. The van der Waals surface area contributed by atoms with Crippen molar-refractivity contribution in [2.45, 2.75) is 281 Å². The Kier molecular flexibility index (Phi) is 112. The third kappa shape index (κ3) is 101. The second-order valence-corrected chi connectivity index (χ2v) is 40.4. The summed E-state index contributed by atoms with van der Waals surface area (Å²) in [6.07, 6.45) is 20.1. The molecular weight excluding hydrogens is 2020 g/mol. The molecule has 19 atom stereocenters. The van der Waals surface area contributed by atoms with Crippen LogP contribution < -0.4 is 109 Å². The van der Waals surface area contributed by atoms with Gasteiger partial charge in [0, 0.05) is 58.9 Å². The van der Waals surface area contributed by atoms with Crippen molar-refractivity contribution in [2.75, 3.05) is 114 Å². The Morgan fingerprint density at radius 2 is 0.343 bits per heavy atom. The molecular formula is C89H171N19O27S8. The van der Waals surface area contributed by atoms with Gasteiger partial charge in [-0.05, 0) is 144 Å². The smallest absolute Gasteiger partial charge is 0.323 e. The zero-order chi connectivity index (χ0) is 113. The predicted octanol–water partition coefficient (Wildman–Crippen LogP) is -1.13. The van der Waals surface area contributed by atoms with E-state index in [4.69, 9.17) is 109 Å². The van der Waals surface area contributed by atoms with Crippen LogP contribution in [0.1, 0.15) is 167 Å². The first-order valence-electron chi connectivity index (χ1n) is 44.7. The minimum absolute atomic E-state index is 0.0166. The number of nitrogens with two attached hydrogens (primary N) is 19. The second kappa shape index (κ2) is 102. The second-order valence-electron chi connectivity index (χ2n) is 30.5. The van der Waals surface area contributed by atoms with Crippen molar-refractivity contribution in [3.8, 4) is 0 Å². The number of ketones is 11. The molecule has 0 aliphatic heterocycles. The van der Waals surface area contributed by atoms with Crippen molar-refractivity contribution in [1.82, 2.24) is 0 Å². The molecule has 38 N–H and O–H groups in total. The van der Waals surface area contributed by atoms with E-state index >= 15 is 0 Å². The van der Waals surface area contributed by atoms with E-state index in [0.717, 1.165) is 6.42 Å². The third-order valence-electron chi connectivity index (χ3n) is 18.0. The van der Waals surface area contributed by atoms with Gasteiger partial charge in [-0.25, -0.2) is 0 Å². The van der Waals surface area contributed by atoms with Crippen LogP contribution in [0.5, 0.6) is 0 Å². The fraction of sp³-hybridized carbons (Fsp3) is 0.697. The summed E-state index contributed by atoms with van der Waals surface area (Å²) in [6.45, 7) is 18.7. The van der Waals surface area contributed by atoms with Gasteiger partial charge in [-0.2, -0.15) is 23.5 Å².